The largest absolute Gasteiger partial charge is 0.502 e. The highest BCUT2D eigenvalue weighted by Gasteiger charge is 2.53. The molecule has 4 atom stereocenters. The lowest BCUT2D eigenvalue weighted by atomic mass is 9.65. The van der Waals surface area contributed by atoms with Crippen molar-refractivity contribution in [3.63, 3.8) is 0 Å². The van der Waals surface area contributed by atoms with Gasteiger partial charge in [-0.15, -0.1) is 0 Å². The molecule has 0 aromatic heterocycles. The van der Waals surface area contributed by atoms with Crippen LogP contribution in [0.15, 0.2) is 24.3 Å². The SMILES string of the molecule is COc1cc(C2c3cc4c(cc3[C@@H](NC(=O)CCCCNCCCCNCCCCNCCCCN)[C@H]3COC(=O)C23)OCO4)cc(OC)c1O. The highest BCUT2D eigenvalue weighted by atomic mass is 16.7. The maximum atomic E-state index is 13.4. The van der Waals surface area contributed by atoms with Gasteiger partial charge in [-0.25, -0.2) is 0 Å². The Kier molecular flexibility index (Phi) is 14.9. The number of nitrogens with one attached hydrogen (secondary N) is 4. The lowest BCUT2D eigenvalue weighted by molar-refractivity contribution is -0.141. The summed E-state index contributed by atoms with van der Waals surface area (Å²) in [5, 5.41) is 24.4. The van der Waals surface area contributed by atoms with Crippen LogP contribution in [0.3, 0.4) is 0 Å². The van der Waals surface area contributed by atoms with Crippen LogP contribution in [0.4, 0.5) is 0 Å². The molecule has 13 heteroatoms. The molecule has 0 bridgehead atoms. The van der Waals surface area contributed by atoms with E-state index in [-0.39, 0.29) is 48.4 Å². The minimum atomic E-state index is -0.583. The maximum absolute atomic E-state index is 13.4. The first kappa shape index (κ1) is 38.5. The van der Waals surface area contributed by atoms with E-state index >= 15 is 0 Å². The summed E-state index contributed by atoms with van der Waals surface area (Å²) in [5.41, 5.74) is 7.91. The number of methoxy groups -OCH3 is 2. The highest BCUT2D eigenvalue weighted by molar-refractivity contribution is 5.81. The first-order valence-corrected chi connectivity index (χ1v) is 18.6. The number of unbranched alkanes of at least 4 members (excludes halogenated alkanes) is 4. The Balaban J connectivity index is 1.09. The second kappa shape index (κ2) is 19.7. The topological polar surface area (TPSA) is 175 Å². The smallest absolute Gasteiger partial charge is 0.310 e. The normalized spacial score (nSPS) is 20.1. The van der Waals surface area contributed by atoms with Crippen LogP contribution >= 0.6 is 0 Å². The maximum Gasteiger partial charge on any atom is 0.310 e. The number of aromatic hydroxyl groups is 1. The fraction of sp³-hybridized carbons (Fsp3) is 0.632. The molecule has 3 aliphatic rings. The summed E-state index contributed by atoms with van der Waals surface area (Å²) in [6, 6.07) is 6.79. The summed E-state index contributed by atoms with van der Waals surface area (Å²) < 4.78 is 28.0. The average Bonchev–Trinajstić information content (AvgIpc) is 3.76. The van der Waals surface area contributed by atoms with E-state index in [1.54, 1.807) is 12.1 Å². The number of phenols is 1. The van der Waals surface area contributed by atoms with Crippen LogP contribution in [-0.4, -0.2) is 90.4 Å². The van der Waals surface area contributed by atoms with E-state index in [1.807, 2.05) is 12.1 Å². The molecule has 2 aliphatic heterocycles. The highest BCUT2D eigenvalue weighted by Crippen LogP contribution is 2.55. The number of fused-ring (bicyclic) bond motifs is 3. The summed E-state index contributed by atoms with van der Waals surface area (Å²) in [6.07, 6.45) is 8.91. The molecule has 282 valence electrons. The van der Waals surface area contributed by atoms with E-state index in [2.05, 4.69) is 21.3 Å². The number of ether oxygens (including phenoxy) is 5. The van der Waals surface area contributed by atoms with Gasteiger partial charge in [0.2, 0.25) is 18.4 Å². The number of carbonyl (C=O) groups excluding carboxylic acids is 2. The molecule has 0 saturated carbocycles. The predicted molar refractivity (Wildman–Crippen MR) is 194 cm³/mol. The van der Waals surface area contributed by atoms with Crippen LogP contribution < -0.4 is 45.9 Å². The lowest BCUT2D eigenvalue weighted by Crippen LogP contribution is -2.42. The zero-order chi connectivity index (χ0) is 36.0. The first-order chi connectivity index (χ1) is 25.0. The number of carbonyl (C=O) groups is 2. The molecule has 51 heavy (non-hydrogen) atoms. The van der Waals surface area contributed by atoms with Crippen LogP contribution in [0.2, 0.25) is 0 Å². The summed E-state index contributed by atoms with van der Waals surface area (Å²) >= 11 is 0. The molecule has 7 N–H and O–H groups in total. The Morgan fingerprint density at radius 1 is 0.784 bits per heavy atom. The second-order valence-electron chi connectivity index (χ2n) is 13.6. The summed E-state index contributed by atoms with van der Waals surface area (Å²) in [6.45, 7) is 7.11. The van der Waals surface area contributed by atoms with Crippen molar-refractivity contribution in [1.29, 1.82) is 0 Å². The Hall–Kier alpha value is -3.78. The number of benzene rings is 2. The van der Waals surface area contributed by atoms with Crippen LogP contribution in [0.5, 0.6) is 28.7 Å². The molecule has 1 aliphatic carbocycles. The molecule has 1 saturated heterocycles. The van der Waals surface area contributed by atoms with E-state index in [1.165, 1.54) is 27.1 Å². The number of amides is 1. The average molecular weight is 712 g/mol. The van der Waals surface area contributed by atoms with Gasteiger partial charge in [-0.2, -0.15) is 0 Å². The van der Waals surface area contributed by atoms with Gasteiger partial charge in [0.05, 0.1) is 32.8 Å². The molecule has 0 spiro atoms. The minimum absolute atomic E-state index is 0.0680. The molecule has 2 unspecified atom stereocenters. The van der Waals surface area contributed by atoms with E-state index in [0.717, 1.165) is 101 Å². The fourth-order valence-electron chi connectivity index (χ4n) is 7.39. The van der Waals surface area contributed by atoms with E-state index < -0.39 is 17.9 Å². The molecular weight excluding hydrogens is 654 g/mol. The summed E-state index contributed by atoms with van der Waals surface area (Å²) in [5.74, 6) is -0.246. The third-order valence-electron chi connectivity index (χ3n) is 10.1. The summed E-state index contributed by atoms with van der Waals surface area (Å²) in [7, 11) is 2.93. The van der Waals surface area contributed by atoms with Gasteiger partial charge in [-0.1, -0.05) is 0 Å². The van der Waals surface area contributed by atoms with E-state index in [0.29, 0.717) is 17.9 Å². The van der Waals surface area contributed by atoms with Crippen molar-refractivity contribution in [3.8, 4) is 28.7 Å². The van der Waals surface area contributed by atoms with Crippen molar-refractivity contribution in [3.05, 3.63) is 41.0 Å². The zero-order valence-electron chi connectivity index (χ0n) is 30.2. The quantitative estimate of drug-likeness (QED) is 0.0733. The van der Waals surface area contributed by atoms with Crippen LogP contribution in [-0.2, 0) is 14.3 Å². The van der Waals surface area contributed by atoms with Crippen LogP contribution in [0.1, 0.15) is 86.4 Å². The van der Waals surface area contributed by atoms with Gasteiger partial charge in [-0.3, -0.25) is 9.59 Å². The van der Waals surface area contributed by atoms with E-state index in [9.17, 15) is 14.7 Å². The third-order valence-corrected chi connectivity index (χ3v) is 10.1. The van der Waals surface area contributed by atoms with Crippen molar-refractivity contribution in [2.75, 3.05) is 73.4 Å². The molecule has 1 fully saturated rings. The van der Waals surface area contributed by atoms with Gasteiger partial charge in [0.1, 0.15) is 0 Å². The first-order valence-electron chi connectivity index (χ1n) is 18.6. The number of cyclic esters (lactones) is 1. The molecular formula is C38H57N5O8. The van der Waals surface area contributed by atoms with Gasteiger partial charge in [-0.05, 0) is 138 Å². The zero-order valence-corrected chi connectivity index (χ0v) is 30.2. The number of rotatable bonds is 23. The Morgan fingerprint density at radius 2 is 1.31 bits per heavy atom. The number of hydrogen-bond acceptors (Lipinski definition) is 12. The second-order valence-corrected chi connectivity index (χ2v) is 13.6. The number of esters is 1. The summed E-state index contributed by atoms with van der Waals surface area (Å²) in [4.78, 5) is 26.7. The molecule has 5 rings (SSSR count). The Bertz CT molecular complexity index is 1420. The van der Waals surface area contributed by atoms with Crippen molar-refractivity contribution in [2.45, 2.75) is 69.7 Å². The molecule has 2 aromatic carbocycles. The van der Waals surface area contributed by atoms with Gasteiger partial charge >= 0.3 is 5.97 Å². The van der Waals surface area contributed by atoms with Crippen LogP contribution in [0, 0.1) is 11.8 Å². The van der Waals surface area contributed by atoms with E-state index in [4.69, 9.17) is 29.4 Å². The van der Waals surface area contributed by atoms with Gasteiger partial charge in [0, 0.05) is 18.3 Å². The van der Waals surface area contributed by atoms with Gasteiger partial charge in [0.15, 0.2) is 23.0 Å². The minimum Gasteiger partial charge on any atom is -0.502 e. The number of phenolic OH excluding ortho intramolecular Hbond substituents is 1. The monoisotopic (exact) mass is 711 g/mol. The van der Waals surface area contributed by atoms with Crippen molar-refractivity contribution in [1.82, 2.24) is 21.3 Å². The van der Waals surface area contributed by atoms with Gasteiger partial charge < -0.3 is 55.8 Å². The predicted octanol–water partition coefficient (Wildman–Crippen LogP) is 3.47. The lowest BCUT2D eigenvalue weighted by Gasteiger charge is -2.39. The molecule has 0 radical (unpaired) electrons. The Labute approximate surface area is 301 Å². The van der Waals surface area contributed by atoms with Crippen molar-refractivity contribution < 1.29 is 38.4 Å². The molecule has 1 amide bonds. The molecule has 2 heterocycles. The third kappa shape index (κ3) is 9.97. The van der Waals surface area contributed by atoms with Gasteiger partial charge in [0.25, 0.3) is 0 Å². The molecule has 2 aromatic rings. The van der Waals surface area contributed by atoms with Crippen molar-refractivity contribution >= 4 is 11.9 Å². The van der Waals surface area contributed by atoms with Crippen molar-refractivity contribution in [2.24, 2.45) is 17.6 Å². The fourth-order valence-corrected chi connectivity index (χ4v) is 7.39. The number of hydrogen-bond donors (Lipinski definition) is 6. The van der Waals surface area contributed by atoms with Crippen LogP contribution in [0.25, 0.3) is 0 Å². The molecule has 13 nitrogen and oxygen atoms in total. The Morgan fingerprint density at radius 3 is 1.86 bits per heavy atom. The number of nitrogens with two attached hydrogens (primary N) is 1. The standard InChI is InChI=1S/C38H57N5O8/c1-47-31-19-25(20-32(48-2)37(31)45)34-26-21-29-30(51-24-50-29)22-27(26)36(28-23-49-38(46)35(28)34)43-33(44)11-3-5-13-40-15-7-9-17-42-18-10-8-16-41-14-6-4-12-39/h19-22,28,34-36,40-42,45H,3-18,23-24,39H2,1-2H3,(H,43,44)/t28-,34?,35?,36+/m0/s1.